The monoisotopic (exact) mass is 341 g/mol. The van der Waals surface area contributed by atoms with Gasteiger partial charge in [-0.15, -0.1) is 0 Å². The summed E-state index contributed by atoms with van der Waals surface area (Å²) in [4.78, 5) is 24.4. The first-order valence-electron chi connectivity index (χ1n) is 8.65. The van der Waals surface area contributed by atoms with Gasteiger partial charge in [0.25, 0.3) is 11.5 Å². The number of ether oxygens (including phenoxy) is 1. The van der Waals surface area contributed by atoms with Gasteiger partial charge >= 0.3 is 0 Å². The summed E-state index contributed by atoms with van der Waals surface area (Å²) in [7, 11) is 1.63. The Labute approximate surface area is 146 Å². The maximum Gasteiger partial charge on any atom is 0.272 e. The maximum absolute atomic E-state index is 12.6. The second kappa shape index (κ2) is 7.51. The lowest BCUT2D eigenvalue weighted by molar-refractivity contribution is 0.0924. The molecule has 1 heterocycles. The van der Waals surface area contributed by atoms with Crippen LogP contribution in [0, 0.1) is 5.92 Å². The molecule has 0 aliphatic heterocycles. The Hall–Kier alpha value is -2.63. The van der Waals surface area contributed by atoms with E-state index in [1.165, 1.54) is 16.8 Å². The molecule has 1 atom stereocenters. The largest absolute Gasteiger partial charge is 0.497 e. The smallest absolute Gasteiger partial charge is 0.272 e. The van der Waals surface area contributed by atoms with Gasteiger partial charge < -0.3 is 10.1 Å². The summed E-state index contributed by atoms with van der Waals surface area (Å²) in [5.41, 5.74) is 1.14. The van der Waals surface area contributed by atoms with Crippen LogP contribution in [-0.2, 0) is 6.54 Å². The number of methoxy groups -OCH3 is 1. The van der Waals surface area contributed by atoms with Gasteiger partial charge in [0, 0.05) is 12.6 Å². The van der Waals surface area contributed by atoms with E-state index in [1.54, 1.807) is 7.11 Å². The number of rotatable bonds is 7. The van der Waals surface area contributed by atoms with E-state index in [9.17, 15) is 9.59 Å². The van der Waals surface area contributed by atoms with Crippen molar-refractivity contribution in [3.63, 3.8) is 0 Å². The van der Waals surface area contributed by atoms with Crippen molar-refractivity contribution in [3.8, 4) is 5.75 Å². The van der Waals surface area contributed by atoms with Crippen molar-refractivity contribution < 1.29 is 9.53 Å². The van der Waals surface area contributed by atoms with E-state index in [1.807, 2.05) is 31.2 Å². The molecule has 0 spiro atoms. The first-order chi connectivity index (χ1) is 12.1. The minimum absolute atomic E-state index is 0.0493. The zero-order valence-corrected chi connectivity index (χ0v) is 14.6. The molecule has 132 valence electrons. The third kappa shape index (κ3) is 4.07. The van der Waals surface area contributed by atoms with Gasteiger partial charge in [-0.3, -0.25) is 9.59 Å². The van der Waals surface area contributed by atoms with Crippen LogP contribution in [-0.4, -0.2) is 22.8 Å². The Kier molecular flexibility index (Phi) is 5.16. The molecular weight excluding hydrogens is 318 g/mol. The van der Waals surface area contributed by atoms with Crippen LogP contribution in [0.3, 0.4) is 0 Å². The van der Waals surface area contributed by atoms with Crippen molar-refractivity contribution in [3.05, 3.63) is 58.0 Å². The van der Waals surface area contributed by atoms with Gasteiger partial charge in [0.15, 0.2) is 0 Å². The molecule has 3 rings (SSSR count). The van der Waals surface area contributed by atoms with Gasteiger partial charge in [0.2, 0.25) is 0 Å². The quantitative estimate of drug-likeness (QED) is 0.840. The van der Waals surface area contributed by atoms with Crippen LogP contribution in [0.15, 0.2) is 41.2 Å². The minimum atomic E-state index is -0.252. The van der Waals surface area contributed by atoms with E-state index in [2.05, 4.69) is 10.4 Å². The Morgan fingerprint density at radius 3 is 2.60 bits per heavy atom. The molecule has 25 heavy (non-hydrogen) atoms. The first-order valence-corrected chi connectivity index (χ1v) is 8.65. The average Bonchev–Trinajstić information content (AvgIpc) is 3.46. The number of benzene rings is 1. The molecular formula is C19H23N3O3. The molecule has 1 aromatic heterocycles. The Balaban J connectivity index is 1.79. The SMILES string of the molecule is CCCn1nc(C(=O)N[C@@H](c2ccc(OC)cc2)C2CC2)ccc1=O. The fraction of sp³-hybridized carbons (Fsp3) is 0.421. The highest BCUT2D eigenvalue weighted by molar-refractivity contribution is 5.92. The summed E-state index contributed by atoms with van der Waals surface area (Å²) in [5.74, 6) is 0.981. The second-order valence-corrected chi connectivity index (χ2v) is 6.34. The number of aromatic nitrogens is 2. The fourth-order valence-electron chi connectivity index (χ4n) is 2.87. The number of nitrogens with zero attached hydrogens (tertiary/aromatic N) is 2. The third-order valence-electron chi connectivity index (χ3n) is 4.39. The third-order valence-corrected chi connectivity index (χ3v) is 4.39. The molecule has 1 aromatic carbocycles. The van der Waals surface area contributed by atoms with Crippen LogP contribution in [0.2, 0.25) is 0 Å². The predicted octanol–water partition coefficient (Wildman–Crippen LogP) is 2.54. The standard InChI is InChI=1S/C19H23N3O3/c1-3-12-22-17(23)11-10-16(21-22)19(24)20-18(13-4-5-13)14-6-8-15(25-2)9-7-14/h6-11,13,18H,3-5,12H2,1-2H3,(H,20,24)/t18-/m1/s1. The molecule has 6 heteroatoms. The molecule has 0 saturated heterocycles. The maximum atomic E-state index is 12.6. The van der Waals surface area contributed by atoms with Crippen molar-refractivity contribution in [2.45, 2.75) is 38.8 Å². The van der Waals surface area contributed by atoms with E-state index in [0.29, 0.717) is 12.5 Å². The van der Waals surface area contributed by atoms with Crippen molar-refractivity contribution in [2.75, 3.05) is 7.11 Å². The van der Waals surface area contributed by atoms with Crippen LogP contribution in [0.25, 0.3) is 0 Å². The zero-order chi connectivity index (χ0) is 17.8. The average molecular weight is 341 g/mol. The predicted molar refractivity (Wildman–Crippen MR) is 94.7 cm³/mol. The first kappa shape index (κ1) is 17.2. The normalized spacial score (nSPS) is 14.8. The molecule has 1 aliphatic carbocycles. The Morgan fingerprint density at radius 2 is 2.00 bits per heavy atom. The lowest BCUT2D eigenvalue weighted by atomic mass is 10.0. The van der Waals surface area contributed by atoms with Crippen molar-refractivity contribution in [2.24, 2.45) is 5.92 Å². The lowest BCUT2D eigenvalue weighted by Gasteiger charge is -2.19. The van der Waals surface area contributed by atoms with Crippen LogP contribution in [0.1, 0.15) is 48.3 Å². The fourth-order valence-corrected chi connectivity index (χ4v) is 2.87. The number of carbonyl (C=O) groups is 1. The van der Waals surface area contributed by atoms with Crippen molar-refractivity contribution in [1.82, 2.24) is 15.1 Å². The van der Waals surface area contributed by atoms with Crippen LogP contribution >= 0.6 is 0 Å². The molecule has 2 aromatic rings. The molecule has 1 N–H and O–H groups in total. The minimum Gasteiger partial charge on any atom is -0.497 e. The Morgan fingerprint density at radius 1 is 1.28 bits per heavy atom. The van der Waals surface area contributed by atoms with Crippen molar-refractivity contribution >= 4 is 5.91 Å². The lowest BCUT2D eigenvalue weighted by Crippen LogP contribution is -2.33. The van der Waals surface area contributed by atoms with Gasteiger partial charge in [-0.1, -0.05) is 19.1 Å². The molecule has 1 aliphatic rings. The van der Waals surface area contributed by atoms with E-state index in [0.717, 1.165) is 30.6 Å². The van der Waals surface area contributed by atoms with E-state index in [4.69, 9.17) is 4.74 Å². The summed E-state index contributed by atoms with van der Waals surface area (Å²) >= 11 is 0. The summed E-state index contributed by atoms with van der Waals surface area (Å²) in [5, 5.41) is 7.27. The van der Waals surface area contributed by atoms with E-state index < -0.39 is 0 Å². The number of hydrogen-bond acceptors (Lipinski definition) is 4. The van der Waals surface area contributed by atoms with Gasteiger partial charge in [-0.2, -0.15) is 5.10 Å². The summed E-state index contributed by atoms with van der Waals surface area (Å²) < 4.78 is 6.53. The number of hydrogen-bond donors (Lipinski definition) is 1. The summed E-state index contributed by atoms with van der Waals surface area (Å²) in [6, 6.07) is 10.6. The highest BCUT2D eigenvalue weighted by atomic mass is 16.5. The number of amides is 1. The van der Waals surface area contributed by atoms with E-state index in [-0.39, 0.29) is 23.2 Å². The van der Waals surface area contributed by atoms with Gasteiger partial charge in [0.1, 0.15) is 11.4 Å². The highest BCUT2D eigenvalue weighted by Crippen LogP contribution is 2.41. The molecule has 1 saturated carbocycles. The molecule has 0 unspecified atom stereocenters. The summed E-state index contributed by atoms with van der Waals surface area (Å²) in [6.07, 6.45) is 2.98. The molecule has 1 amide bonds. The Bertz CT molecular complexity index is 794. The van der Waals surface area contributed by atoms with E-state index >= 15 is 0 Å². The van der Waals surface area contributed by atoms with Crippen LogP contribution in [0.5, 0.6) is 5.75 Å². The summed E-state index contributed by atoms with van der Waals surface area (Å²) in [6.45, 7) is 2.47. The van der Waals surface area contributed by atoms with Crippen LogP contribution in [0.4, 0.5) is 0 Å². The zero-order valence-electron chi connectivity index (χ0n) is 14.6. The highest BCUT2D eigenvalue weighted by Gasteiger charge is 2.33. The van der Waals surface area contributed by atoms with Crippen LogP contribution < -0.4 is 15.6 Å². The second-order valence-electron chi connectivity index (χ2n) is 6.34. The topological polar surface area (TPSA) is 73.2 Å². The number of aryl methyl sites for hydroxylation is 1. The molecule has 1 fully saturated rings. The van der Waals surface area contributed by atoms with Gasteiger partial charge in [-0.05, 0) is 48.9 Å². The van der Waals surface area contributed by atoms with Gasteiger partial charge in [0.05, 0.1) is 13.2 Å². The van der Waals surface area contributed by atoms with Crippen molar-refractivity contribution in [1.29, 1.82) is 0 Å². The molecule has 0 radical (unpaired) electrons. The number of nitrogens with one attached hydrogen (secondary N) is 1. The van der Waals surface area contributed by atoms with Gasteiger partial charge in [-0.25, -0.2) is 4.68 Å². The molecule has 0 bridgehead atoms. The number of carbonyl (C=O) groups excluding carboxylic acids is 1. The molecule has 6 nitrogen and oxygen atoms in total.